The van der Waals surface area contributed by atoms with Crippen LogP contribution in [0.3, 0.4) is 0 Å². The van der Waals surface area contributed by atoms with E-state index in [1.54, 1.807) is 5.56 Å². The monoisotopic (exact) mass is 417 g/mol. The number of benzene rings is 3. The smallest absolute Gasteiger partial charge is 0.0780 e. The first-order valence-electron chi connectivity index (χ1n) is 12.2. The number of hydrogen-bond acceptors (Lipinski definition) is 1. The van der Waals surface area contributed by atoms with Gasteiger partial charge < -0.3 is 0 Å². The molecule has 0 saturated heterocycles. The molecule has 3 aromatic carbocycles. The van der Waals surface area contributed by atoms with Crippen molar-refractivity contribution in [2.75, 3.05) is 0 Å². The molecule has 0 amide bonds. The molecule has 2 saturated carbocycles. The molecule has 2 aliphatic carbocycles. The fourth-order valence-corrected chi connectivity index (χ4v) is 6.23. The van der Waals surface area contributed by atoms with Crippen LogP contribution in [0.15, 0.2) is 79.0 Å². The lowest BCUT2D eigenvalue weighted by molar-refractivity contribution is 0.420. The summed E-state index contributed by atoms with van der Waals surface area (Å²) < 4.78 is 0. The van der Waals surface area contributed by atoms with Crippen molar-refractivity contribution in [1.29, 1.82) is 0 Å². The lowest BCUT2D eigenvalue weighted by Gasteiger charge is -2.22. The molecule has 0 N–H and O–H groups in total. The van der Waals surface area contributed by atoms with E-state index in [0.29, 0.717) is 5.92 Å². The minimum atomic E-state index is 0.469. The molecule has 3 atom stereocenters. The number of fused-ring (bicyclic) bond motifs is 3. The van der Waals surface area contributed by atoms with Crippen molar-refractivity contribution in [1.82, 2.24) is 4.98 Å². The van der Waals surface area contributed by atoms with Gasteiger partial charge in [-0.25, -0.2) is 0 Å². The third-order valence-electron chi connectivity index (χ3n) is 7.96. The van der Waals surface area contributed by atoms with Crippen LogP contribution >= 0.6 is 0 Å². The Bertz CT molecular complexity index is 1270. The Morgan fingerprint density at radius 2 is 1.62 bits per heavy atom. The third-order valence-corrected chi connectivity index (χ3v) is 7.96. The molecule has 0 aliphatic heterocycles. The van der Waals surface area contributed by atoms with E-state index in [-0.39, 0.29) is 0 Å². The van der Waals surface area contributed by atoms with Gasteiger partial charge in [-0.3, -0.25) is 4.98 Å². The van der Waals surface area contributed by atoms with Crippen LogP contribution in [-0.4, -0.2) is 4.98 Å². The van der Waals surface area contributed by atoms with Gasteiger partial charge >= 0.3 is 0 Å². The molecule has 2 aliphatic rings. The molecule has 160 valence electrons. The van der Waals surface area contributed by atoms with Gasteiger partial charge in [-0.2, -0.15) is 0 Å². The number of aromatic nitrogens is 1. The van der Waals surface area contributed by atoms with Crippen LogP contribution in [0.4, 0.5) is 0 Å². The van der Waals surface area contributed by atoms with Gasteiger partial charge in [0.25, 0.3) is 0 Å². The summed E-state index contributed by atoms with van der Waals surface area (Å²) in [6, 6.07) is 27.1. The maximum absolute atomic E-state index is 4.88. The summed E-state index contributed by atoms with van der Waals surface area (Å²) in [5, 5.41) is 2.59. The van der Waals surface area contributed by atoms with Crippen molar-refractivity contribution in [3.05, 3.63) is 90.1 Å². The highest BCUT2D eigenvalue weighted by molar-refractivity contribution is 5.95. The van der Waals surface area contributed by atoms with E-state index in [4.69, 9.17) is 4.98 Å². The highest BCUT2D eigenvalue weighted by atomic mass is 14.7. The fraction of sp³-hybridized carbons (Fsp3) is 0.323. The molecule has 1 heteroatoms. The van der Waals surface area contributed by atoms with E-state index in [1.807, 2.05) is 6.20 Å². The van der Waals surface area contributed by atoms with Crippen molar-refractivity contribution in [3.63, 3.8) is 0 Å². The maximum atomic E-state index is 4.88. The molecule has 2 bridgehead atoms. The van der Waals surface area contributed by atoms with Crippen LogP contribution in [0, 0.1) is 11.8 Å². The first-order chi connectivity index (χ1) is 15.7. The van der Waals surface area contributed by atoms with Gasteiger partial charge in [-0.15, -0.1) is 0 Å². The Morgan fingerprint density at radius 3 is 2.38 bits per heavy atom. The zero-order valence-electron chi connectivity index (χ0n) is 19.1. The summed E-state index contributed by atoms with van der Waals surface area (Å²) in [6.07, 6.45) is 7.73. The predicted molar refractivity (Wildman–Crippen MR) is 135 cm³/mol. The second kappa shape index (κ2) is 7.89. The molecule has 2 fully saturated rings. The average molecular weight is 418 g/mol. The van der Waals surface area contributed by atoms with Crippen LogP contribution in [0.2, 0.25) is 0 Å². The van der Waals surface area contributed by atoms with Gasteiger partial charge in [0.2, 0.25) is 0 Å². The Morgan fingerprint density at radius 1 is 0.781 bits per heavy atom. The quantitative estimate of drug-likeness (QED) is 0.324. The van der Waals surface area contributed by atoms with Crippen LogP contribution in [0.25, 0.3) is 33.2 Å². The van der Waals surface area contributed by atoms with Gasteiger partial charge in [0.15, 0.2) is 0 Å². The summed E-state index contributed by atoms with van der Waals surface area (Å²) >= 11 is 0. The average Bonchev–Trinajstić information content (AvgIpc) is 3.47. The minimum absolute atomic E-state index is 0.469. The molecule has 4 aromatic rings. The van der Waals surface area contributed by atoms with E-state index in [9.17, 15) is 0 Å². The van der Waals surface area contributed by atoms with Crippen molar-refractivity contribution in [2.24, 2.45) is 11.8 Å². The SMILES string of the molecule is CC(C)c1cc(-c2ccccc2)cc(-c2nccc3cc(C4CC5CCC4C5)ccc23)c1. The number of pyridine rings is 1. The fourth-order valence-electron chi connectivity index (χ4n) is 6.23. The van der Waals surface area contributed by atoms with E-state index in [1.165, 1.54) is 58.7 Å². The van der Waals surface area contributed by atoms with Gasteiger partial charge in [0, 0.05) is 17.1 Å². The zero-order valence-corrected chi connectivity index (χ0v) is 19.1. The topological polar surface area (TPSA) is 12.9 Å². The lowest BCUT2D eigenvalue weighted by atomic mass is 9.82. The number of nitrogens with zero attached hydrogens (tertiary/aromatic N) is 1. The first kappa shape index (κ1) is 19.7. The van der Waals surface area contributed by atoms with Gasteiger partial charge in [-0.1, -0.05) is 74.9 Å². The summed E-state index contributed by atoms with van der Waals surface area (Å²) in [7, 11) is 0. The molecule has 1 heterocycles. The first-order valence-corrected chi connectivity index (χ1v) is 12.2. The van der Waals surface area contributed by atoms with Crippen molar-refractivity contribution in [2.45, 2.75) is 51.4 Å². The highest BCUT2D eigenvalue weighted by Crippen LogP contribution is 2.53. The maximum Gasteiger partial charge on any atom is 0.0780 e. The van der Waals surface area contributed by atoms with E-state index in [0.717, 1.165) is 23.4 Å². The largest absolute Gasteiger partial charge is 0.256 e. The Labute approximate surface area is 191 Å². The van der Waals surface area contributed by atoms with Crippen LogP contribution in [-0.2, 0) is 0 Å². The Hall–Kier alpha value is -2.93. The van der Waals surface area contributed by atoms with Crippen molar-refractivity contribution in [3.8, 4) is 22.4 Å². The summed E-state index contributed by atoms with van der Waals surface area (Å²) in [5.41, 5.74) is 7.75. The van der Waals surface area contributed by atoms with Crippen LogP contribution < -0.4 is 0 Å². The molecular weight excluding hydrogens is 386 g/mol. The van der Waals surface area contributed by atoms with E-state index >= 15 is 0 Å². The molecule has 3 unspecified atom stereocenters. The van der Waals surface area contributed by atoms with Crippen LogP contribution in [0.1, 0.15) is 62.5 Å². The zero-order chi connectivity index (χ0) is 21.7. The molecule has 1 aromatic heterocycles. The van der Waals surface area contributed by atoms with E-state index in [2.05, 4.69) is 86.6 Å². The van der Waals surface area contributed by atoms with Gasteiger partial charge in [0.05, 0.1) is 5.69 Å². The molecule has 0 spiro atoms. The standard InChI is InChI=1S/C31H31N/c1-20(2)26-17-27(22-6-4-3-5-7-22)19-28(18-26)31-29-11-10-24(16-25(29)12-13-32-31)30-15-21-8-9-23(30)14-21/h3-7,10-13,16-21,23,30H,8-9,14-15H2,1-2H3. The Kier molecular flexibility index (Phi) is 4.86. The van der Waals surface area contributed by atoms with E-state index < -0.39 is 0 Å². The Balaban J connectivity index is 1.45. The molecular formula is C31H31N. The lowest BCUT2D eigenvalue weighted by Crippen LogP contribution is -2.08. The molecule has 0 radical (unpaired) electrons. The molecule has 32 heavy (non-hydrogen) atoms. The van der Waals surface area contributed by atoms with Gasteiger partial charge in [0.1, 0.15) is 0 Å². The second-order valence-corrected chi connectivity index (χ2v) is 10.3. The van der Waals surface area contributed by atoms with Crippen molar-refractivity contribution < 1.29 is 0 Å². The second-order valence-electron chi connectivity index (χ2n) is 10.3. The predicted octanol–water partition coefficient (Wildman–Crippen LogP) is 8.60. The summed E-state index contributed by atoms with van der Waals surface area (Å²) in [6.45, 7) is 4.54. The highest BCUT2D eigenvalue weighted by Gasteiger charge is 2.40. The summed E-state index contributed by atoms with van der Waals surface area (Å²) in [5.74, 6) is 3.12. The number of rotatable bonds is 4. The van der Waals surface area contributed by atoms with Crippen molar-refractivity contribution >= 4 is 10.8 Å². The third kappa shape index (κ3) is 3.45. The number of hydrogen-bond donors (Lipinski definition) is 0. The molecule has 1 nitrogen and oxygen atoms in total. The van der Waals surface area contributed by atoms with Crippen LogP contribution in [0.5, 0.6) is 0 Å². The summed E-state index contributed by atoms with van der Waals surface area (Å²) in [4.78, 5) is 4.88. The van der Waals surface area contributed by atoms with Gasteiger partial charge in [-0.05, 0) is 88.8 Å². The normalized spacial score (nSPS) is 22.2. The molecule has 6 rings (SSSR count). The minimum Gasteiger partial charge on any atom is -0.256 e.